The highest BCUT2D eigenvalue weighted by molar-refractivity contribution is 5.82. The van der Waals surface area contributed by atoms with Crippen LogP contribution in [-0.2, 0) is 11.3 Å². The molecule has 0 radical (unpaired) electrons. The molecule has 4 rings (SSSR count). The van der Waals surface area contributed by atoms with Gasteiger partial charge in [0.15, 0.2) is 0 Å². The molecule has 4 aromatic rings. The lowest BCUT2D eigenvalue weighted by molar-refractivity contribution is -0.137. The van der Waals surface area contributed by atoms with E-state index in [4.69, 9.17) is 14.8 Å². The van der Waals surface area contributed by atoms with Crippen molar-refractivity contribution in [2.24, 2.45) is 0 Å². The number of carboxylic acid groups (broad SMARTS) is 1. The summed E-state index contributed by atoms with van der Waals surface area (Å²) >= 11 is 0. The molecule has 42 heavy (non-hydrogen) atoms. The number of hydrogen-bond acceptors (Lipinski definition) is 3. The maximum Gasteiger partial charge on any atom is 0.303 e. The summed E-state index contributed by atoms with van der Waals surface area (Å²) in [5, 5.41) is 8.93. The third-order valence-corrected chi connectivity index (χ3v) is 7.71. The van der Waals surface area contributed by atoms with E-state index in [-0.39, 0.29) is 6.42 Å². The van der Waals surface area contributed by atoms with E-state index in [0.717, 1.165) is 91.3 Å². The summed E-state index contributed by atoms with van der Waals surface area (Å²) in [5.74, 6) is 1.15. The number of rotatable bonds is 19. The minimum absolute atomic E-state index is 0.253. The standard InChI is InChI=1S/C37H46N2O3/c1-2-3-4-5-9-18-29-42-33-26-24-32(25-27-33)37-38-35(30-19-12-10-13-20-30)36(31-21-14-11-15-22-31)39(37)28-17-8-6-7-16-23-34(40)41/h10-15,19-22,24-27H,2-9,16-18,23,28-29H2,1H3,(H,40,41). The first-order chi connectivity index (χ1) is 20.7. The molecule has 0 saturated heterocycles. The van der Waals surface area contributed by atoms with Crippen molar-refractivity contribution in [3.05, 3.63) is 84.9 Å². The minimum atomic E-state index is -0.710. The molecule has 0 aliphatic carbocycles. The number of hydrogen-bond donors (Lipinski definition) is 1. The SMILES string of the molecule is CCCCCCCCOc1ccc(-c2nc(-c3ccccc3)c(-c3ccccc3)n2CCCCCCCC(=O)O)cc1. The normalized spacial score (nSPS) is 11.1. The van der Waals surface area contributed by atoms with E-state index in [0.29, 0.717) is 0 Å². The second-order valence-corrected chi connectivity index (χ2v) is 11.1. The smallest absolute Gasteiger partial charge is 0.303 e. The van der Waals surface area contributed by atoms with E-state index >= 15 is 0 Å². The van der Waals surface area contributed by atoms with E-state index in [2.05, 4.69) is 84.3 Å². The average molecular weight is 567 g/mol. The second kappa shape index (κ2) is 17.2. The number of aromatic nitrogens is 2. The highest BCUT2D eigenvalue weighted by atomic mass is 16.5. The van der Waals surface area contributed by atoms with Gasteiger partial charge in [-0.3, -0.25) is 4.79 Å². The van der Waals surface area contributed by atoms with Gasteiger partial charge in [-0.15, -0.1) is 0 Å². The van der Waals surface area contributed by atoms with Crippen LogP contribution < -0.4 is 4.74 Å². The topological polar surface area (TPSA) is 64.4 Å². The van der Waals surface area contributed by atoms with Crippen LogP contribution in [0.1, 0.15) is 84.0 Å². The quantitative estimate of drug-likeness (QED) is 0.115. The lowest BCUT2D eigenvalue weighted by Gasteiger charge is -2.14. The number of carboxylic acids is 1. The predicted molar refractivity (Wildman–Crippen MR) is 173 cm³/mol. The Labute approximate surface area is 251 Å². The van der Waals surface area contributed by atoms with Gasteiger partial charge in [0.05, 0.1) is 18.0 Å². The van der Waals surface area contributed by atoms with Crippen LogP contribution in [0.3, 0.4) is 0 Å². The summed E-state index contributed by atoms with van der Waals surface area (Å²) < 4.78 is 8.44. The molecule has 0 unspecified atom stereocenters. The lowest BCUT2D eigenvalue weighted by atomic mass is 10.0. The molecular weight excluding hydrogens is 520 g/mol. The van der Waals surface area contributed by atoms with E-state index < -0.39 is 5.97 Å². The van der Waals surface area contributed by atoms with Gasteiger partial charge in [0.25, 0.3) is 0 Å². The fourth-order valence-electron chi connectivity index (χ4n) is 5.43. The molecule has 0 aliphatic heterocycles. The highest BCUT2D eigenvalue weighted by Gasteiger charge is 2.21. The Balaban J connectivity index is 1.55. The summed E-state index contributed by atoms with van der Waals surface area (Å²) in [4.78, 5) is 16.1. The van der Waals surface area contributed by atoms with E-state index in [1.54, 1.807) is 0 Å². The molecule has 1 heterocycles. The number of carbonyl (C=O) groups is 1. The molecule has 1 aromatic heterocycles. The number of imidazole rings is 1. The van der Waals surface area contributed by atoms with E-state index in [1.165, 1.54) is 32.1 Å². The zero-order valence-corrected chi connectivity index (χ0v) is 25.1. The van der Waals surface area contributed by atoms with Gasteiger partial charge < -0.3 is 14.4 Å². The number of aliphatic carboxylic acids is 1. The second-order valence-electron chi connectivity index (χ2n) is 11.1. The van der Waals surface area contributed by atoms with Gasteiger partial charge in [-0.2, -0.15) is 0 Å². The molecule has 222 valence electrons. The Bertz CT molecular complexity index is 1330. The van der Waals surface area contributed by atoms with Crippen molar-refractivity contribution in [1.29, 1.82) is 0 Å². The molecule has 5 nitrogen and oxygen atoms in total. The van der Waals surface area contributed by atoms with Crippen LogP contribution >= 0.6 is 0 Å². The van der Waals surface area contributed by atoms with Crippen LogP contribution in [0.2, 0.25) is 0 Å². The molecule has 0 amide bonds. The Morgan fingerprint density at radius 3 is 1.95 bits per heavy atom. The summed E-state index contributed by atoms with van der Waals surface area (Å²) in [7, 11) is 0. The van der Waals surface area contributed by atoms with Crippen molar-refractivity contribution in [3.63, 3.8) is 0 Å². The van der Waals surface area contributed by atoms with Crippen LogP contribution in [0.5, 0.6) is 5.75 Å². The third-order valence-electron chi connectivity index (χ3n) is 7.71. The van der Waals surface area contributed by atoms with Crippen molar-refractivity contribution in [2.45, 2.75) is 90.5 Å². The Hall–Kier alpha value is -3.86. The Kier molecular flexibility index (Phi) is 12.7. The van der Waals surface area contributed by atoms with E-state index in [9.17, 15) is 4.79 Å². The molecule has 0 aliphatic rings. The zero-order valence-electron chi connectivity index (χ0n) is 25.1. The summed E-state index contributed by atoms with van der Waals surface area (Å²) in [6.45, 7) is 3.84. The number of nitrogens with zero attached hydrogens (tertiary/aromatic N) is 2. The zero-order chi connectivity index (χ0) is 29.4. The van der Waals surface area contributed by atoms with Gasteiger partial charge >= 0.3 is 5.97 Å². The van der Waals surface area contributed by atoms with E-state index in [1.807, 2.05) is 12.1 Å². The third kappa shape index (κ3) is 9.34. The summed E-state index contributed by atoms with van der Waals surface area (Å²) in [5.41, 5.74) is 5.44. The number of benzene rings is 3. The lowest BCUT2D eigenvalue weighted by Crippen LogP contribution is -2.04. The largest absolute Gasteiger partial charge is 0.494 e. The van der Waals surface area contributed by atoms with Crippen molar-refractivity contribution in [3.8, 4) is 39.7 Å². The van der Waals surface area contributed by atoms with Gasteiger partial charge in [-0.05, 0) is 43.5 Å². The molecule has 0 spiro atoms. The summed E-state index contributed by atoms with van der Waals surface area (Å²) in [6.07, 6.45) is 12.5. The van der Waals surface area contributed by atoms with Crippen molar-refractivity contribution in [1.82, 2.24) is 9.55 Å². The van der Waals surface area contributed by atoms with Crippen LogP contribution in [-0.4, -0.2) is 27.2 Å². The molecule has 3 aromatic carbocycles. The van der Waals surface area contributed by atoms with Crippen LogP contribution in [0.15, 0.2) is 84.9 Å². The number of ether oxygens (including phenoxy) is 1. The molecule has 5 heteroatoms. The van der Waals surface area contributed by atoms with Crippen LogP contribution in [0.25, 0.3) is 33.9 Å². The first-order valence-corrected chi connectivity index (χ1v) is 15.8. The van der Waals surface area contributed by atoms with Crippen molar-refractivity contribution >= 4 is 5.97 Å². The predicted octanol–water partition coefficient (Wildman–Crippen LogP) is 10.0. The molecule has 0 atom stereocenters. The Morgan fingerprint density at radius 1 is 0.690 bits per heavy atom. The maximum absolute atomic E-state index is 10.8. The number of unbranched alkanes of at least 4 members (excludes halogenated alkanes) is 9. The average Bonchev–Trinajstić information content (AvgIpc) is 3.40. The minimum Gasteiger partial charge on any atom is -0.494 e. The fourth-order valence-corrected chi connectivity index (χ4v) is 5.43. The van der Waals surface area contributed by atoms with Gasteiger partial charge in [-0.1, -0.05) is 119 Å². The van der Waals surface area contributed by atoms with Gasteiger partial charge in [0, 0.05) is 29.7 Å². The van der Waals surface area contributed by atoms with Gasteiger partial charge in [0.2, 0.25) is 0 Å². The van der Waals surface area contributed by atoms with Crippen molar-refractivity contribution < 1.29 is 14.6 Å². The van der Waals surface area contributed by atoms with Crippen LogP contribution in [0.4, 0.5) is 0 Å². The maximum atomic E-state index is 10.8. The fraction of sp³-hybridized carbons (Fsp3) is 0.405. The molecule has 1 N–H and O–H groups in total. The molecule has 0 fully saturated rings. The monoisotopic (exact) mass is 566 g/mol. The van der Waals surface area contributed by atoms with Gasteiger partial charge in [0.1, 0.15) is 11.6 Å². The first kappa shape index (κ1) is 31.1. The molecule has 0 bridgehead atoms. The summed E-state index contributed by atoms with van der Waals surface area (Å²) in [6, 6.07) is 29.4. The Morgan fingerprint density at radius 2 is 1.29 bits per heavy atom. The highest BCUT2D eigenvalue weighted by Crippen LogP contribution is 2.37. The first-order valence-electron chi connectivity index (χ1n) is 15.8. The molecule has 0 saturated carbocycles. The van der Waals surface area contributed by atoms with Crippen molar-refractivity contribution in [2.75, 3.05) is 6.61 Å². The van der Waals surface area contributed by atoms with Gasteiger partial charge in [-0.25, -0.2) is 4.98 Å². The molecular formula is C37H46N2O3. The van der Waals surface area contributed by atoms with Crippen LogP contribution in [0, 0.1) is 0 Å².